The van der Waals surface area contributed by atoms with Crippen LogP contribution in [0.2, 0.25) is 0 Å². The lowest BCUT2D eigenvalue weighted by Gasteiger charge is -2.37. The van der Waals surface area contributed by atoms with Gasteiger partial charge in [0, 0.05) is 44.7 Å². The molecule has 0 saturated carbocycles. The third-order valence-corrected chi connectivity index (χ3v) is 7.53. The van der Waals surface area contributed by atoms with E-state index in [0.29, 0.717) is 68.9 Å². The number of anilines is 1. The number of ether oxygens (including phenoxy) is 2. The first-order valence-corrected chi connectivity index (χ1v) is 12.2. The summed E-state index contributed by atoms with van der Waals surface area (Å²) in [4.78, 5) is 14.9. The van der Waals surface area contributed by atoms with Gasteiger partial charge in [0.1, 0.15) is 5.76 Å². The van der Waals surface area contributed by atoms with Gasteiger partial charge < -0.3 is 19.3 Å². The minimum atomic E-state index is -3.68. The Bertz CT molecular complexity index is 1060. The Morgan fingerprint density at radius 2 is 1.84 bits per heavy atom. The zero-order valence-corrected chi connectivity index (χ0v) is 19.1. The summed E-state index contributed by atoms with van der Waals surface area (Å²) in [5.41, 5.74) is 0. The Morgan fingerprint density at radius 1 is 1.12 bits per heavy atom. The summed E-state index contributed by atoms with van der Waals surface area (Å²) in [6.07, 6.45) is 1.35. The molecule has 0 bridgehead atoms. The molecule has 2 aromatic rings. The molecule has 1 atom stereocenters. The summed E-state index contributed by atoms with van der Waals surface area (Å²) in [5, 5.41) is 6.57. The number of hydrogen-bond acceptors (Lipinski definition) is 8. The van der Waals surface area contributed by atoms with Crippen LogP contribution >= 0.6 is 0 Å². The number of fused-ring (bicyclic) bond motifs is 1. The van der Waals surface area contributed by atoms with Crippen LogP contribution < -0.4 is 14.8 Å². The van der Waals surface area contributed by atoms with Gasteiger partial charge in [-0.25, -0.2) is 8.42 Å². The molecule has 1 aromatic heterocycles. The molecule has 1 saturated heterocycles. The first kappa shape index (κ1) is 22.6. The van der Waals surface area contributed by atoms with Gasteiger partial charge >= 0.3 is 0 Å². The SMILES string of the molecule is CC[C@H](C(=O)Nc1cc(C)on1)N1CCN(S(=O)(=O)c2ccc3c(c2)OCCCO3)CC1. The molecule has 4 rings (SSSR count). The molecule has 0 radical (unpaired) electrons. The summed E-state index contributed by atoms with van der Waals surface area (Å²) >= 11 is 0. The number of benzene rings is 1. The fraction of sp³-hybridized carbons (Fsp3) is 0.524. The smallest absolute Gasteiger partial charge is 0.243 e. The molecule has 3 heterocycles. The minimum absolute atomic E-state index is 0.181. The van der Waals surface area contributed by atoms with Crippen molar-refractivity contribution in [2.75, 3.05) is 44.7 Å². The van der Waals surface area contributed by atoms with Gasteiger partial charge in [-0.2, -0.15) is 4.31 Å². The first-order valence-electron chi connectivity index (χ1n) is 10.8. The molecule has 1 aromatic carbocycles. The number of nitrogens with zero attached hydrogens (tertiary/aromatic N) is 3. The van der Waals surface area contributed by atoms with Crippen molar-refractivity contribution < 1.29 is 27.2 Å². The number of rotatable bonds is 6. The van der Waals surface area contributed by atoms with E-state index in [4.69, 9.17) is 14.0 Å². The minimum Gasteiger partial charge on any atom is -0.490 e. The lowest BCUT2D eigenvalue weighted by atomic mass is 10.1. The third-order valence-electron chi connectivity index (χ3n) is 5.64. The average molecular weight is 465 g/mol. The van der Waals surface area contributed by atoms with Crippen LogP contribution in [-0.2, 0) is 14.8 Å². The molecule has 2 aliphatic heterocycles. The van der Waals surface area contributed by atoms with Gasteiger partial charge in [-0.15, -0.1) is 0 Å². The number of hydrogen-bond donors (Lipinski definition) is 1. The van der Waals surface area contributed by atoms with Gasteiger partial charge in [0.25, 0.3) is 0 Å². The molecular formula is C21H28N4O6S. The van der Waals surface area contributed by atoms with Gasteiger partial charge in [-0.3, -0.25) is 9.69 Å². The Morgan fingerprint density at radius 3 is 2.50 bits per heavy atom. The third kappa shape index (κ3) is 4.74. The van der Waals surface area contributed by atoms with Crippen molar-refractivity contribution in [3.63, 3.8) is 0 Å². The second kappa shape index (κ2) is 9.47. The van der Waals surface area contributed by atoms with E-state index in [1.807, 2.05) is 11.8 Å². The highest BCUT2D eigenvalue weighted by Gasteiger charge is 2.33. The number of sulfonamides is 1. The zero-order valence-electron chi connectivity index (χ0n) is 18.2. The quantitative estimate of drug-likeness (QED) is 0.689. The van der Waals surface area contributed by atoms with E-state index >= 15 is 0 Å². The van der Waals surface area contributed by atoms with Crippen LogP contribution in [0.1, 0.15) is 25.5 Å². The lowest BCUT2D eigenvalue weighted by Crippen LogP contribution is -2.54. The predicted molar refractivity (Wildman–Crippen MR) is 116 cm³/mol. The van der Waals surface area contributed by atoms with Crippen LogP contribution in [0, 0.1) is 6.92 Å². The van der Waals surface area contributed by atoms with Crippen LogP contribution in [0.15, 0.2) is 33.7 Å². The van der Waals surface area contributed by atoms with Gasteiger partial charge in [0.05, 0.1) is 24.2 Å². The summed E-state index contributed by atoms with van der Waals surface area (Å²) < 4.78 is 44.1. The molecule has 2 aliphatic rings. The number of nitrogens with one attached hydrogen (secondary N) is 1. The molecule has 32 heavy (non-hydrogen) atoms. The molecule has 0 aliphatic carbocycles. The van der Waals surface area contributed by atoms with Crippen molar-refractivity contribution in [2.45, 2.75) is 37.6 Å². The normalized spacial score (nSPS) is 18.7. The van der Waals surface area contributed by atoms with E-state index in [1.165, 1.54) is 10.4 Å². The largest absolute Gasteiger partial charge is 0.490 e. The molecule has 0 unspecified atom stereocenters. The topological polar surface area (TPSA) is 114 Å². The zero-order chi connectivity index (χ0) is 22.7. The maximum atomic E-state index is 13.2. The fourth-order valence-electron chi connectivity index (χ4n) is 3.95. The van der Waals surface area contributed by atoms with Crippen molar-refractivity contribution in [3.8, 4) is 11.5 Å². The number of carbonyl (C=O) groups is 1. The highest BCUT2D eigenvalue weighted by atomic mass is 32.2. The Kier molecular flexibility index (Phi) is 6.68. The Balaban J connectivity index is 1.41. The van der Waals surface area contributed by atoms with Crippen LogP contribution in [0.3, 0.4) is 0 Å². The monoisotopic (exact) mass is 464 g/mol. The van der Waals surface area contributed by atoms with Crippen LogP contribution in [0.4, 0.5) is 5.82 Å². The molecule has 1 N–H and O–H groups in total. The predicted octanol–water partition coefficient (Wildman–Crippen LogP) is 1.87. The standard InChI is InChI=1S/C21H28N4O6S/c1-3-17(21(26)22-20-13-15(2)31-23-20)24-7-9-25(10-8-24)32(27,28)16-5-6-18-19(14-16)30-12-4-11-29-18/h5-6,13-14,17H,3-4,7-12H2,1-2H3,(H,22,23,26)/t17-/m1/s1. The maximum Gasteiger partial charge on any atom is 0.243 e. The molecular weight excluding hydrogens is 436 g/mol. The van der Waals surface area contributed by atoms with E-state index in [-0.39, 0.29) is 16.8 Å². The molecule has 10 nitrogen and oxygen atoms in total. The van der Waals surface area contributed by atoms with Crippen molar-refractivity contribution in [1.29, 1.82) is 0 Å². The maximum absolute atomic E-state index is 13.2. The number of piperazine rings is 1. The van der Waals surface area contributed by atoms with Crippen LogP contribution in [-0.4, -0.2) is 74.1 Å². The average Bonchev–Trinajstić information content (AvgIpc) is 3.05. The molecule has 0 spiro atoms. The Labute approximate surface area is 187 Å². The van der Waals surface area contributed by atoms with Gasteiger partial charge in [0.2, 0.25) is 15.9 Å². The fourth-order valence-corrected chi connectivity index (χ4v) is 5.39. The Hall–Kier alpha value is -2.63. The molecule has 11 heteroatoms. The summed E-state index contributed by atoms with van der Waals surface area (Å²) in [5.74, 6) is 1.82. The van der Waals surface area contributed by atoms with E-state index in [2.05, 4.69) is 10.5 Å². The highest BCUT2D eigenvalue weighted by Crippen LogP contribution is 2.33. The van der Waals surface area contributed by atoms with Gasteiger partial charge in [0.15, 0.2) is 17.3 Å². The van der Waals surface area contributed by atoms with Gasteiger partial charge in [-0.1, -0.05) is 12.1 Å². The van der Waals surface area contributed by atoms with Crippen molar-refractivity contribution >= 4 is 21.7 Å². The van der Waals surface area contributed by atoms with E-state index in [0.717, 1.165) is 6.42 Å². The second-order valence-corrected chi connectivity index (χ2v) is 9.77. The molecule has 174 valence electrons. The second-order valence-electron chi connectivity index (χ2n) is 7.84. The lowest BCUT2D eigenvalue weighted by molar-refractivity contribution is -0.121. The van der Waals surface area contributed by atoms with E-state index < -0.39 is 10.0 Å². The van der Waals surface area contributed by atoms with Crippen LogP contribution in [0.25, 0.3) is 0 Å². The summed E-state index contributed by atoms with van der Waals surface area (Å²) in [7, 11) is -3.68. The van der Waals surface area contributed by atoms with Gasteiger partial charge in [-0.05, 0) is 25.5 Å². The number of carbonyl (C=O) groups excluding carboxylic acids is 1. The first-order chi connectivity index (χ1) is 15.4. The molecule has 1 fully saturated rings. The number of aryl methyl sites for hydroxylation is 1. The van der Waals surface area contributed by atoms with Crippen molar-refractivity contribution in [1.82, 2.24) is 14.4 Å². The molecule has 1 amide bonds. The van der Waals surface area contributed by atoms with E-state index in [9.17, 15) is 13.2 Å². The number of amides is 1. The van der Waals surface area contributed by atoms with E-state index in [1.54, 1.807) is 25.1 Å². The summed E-state index contributed by atoms with van der Waals surface area (Å²) in [6.45, 7) is 6.21. The van der Waals surface area contributed by atoms with Crippen molar-refractivity contribution in [2.24, 2.45) is 0 Å². The highest BCUT2D eigenvalue weighted by molar-refractivity contribution is 7.89. The van der Waals surface area contributed by atoms with Crippen LogP contribution in [0.5, 0.6) is 11.5 Å². The van der Waals surface area contributed by atoms with Crippen molar-refractivity contribution in [3.05, 3.63) is 30.0 Å². The number of aromatic nitrogens is 1. The summed E-state index contributed by atoms with van der Waals surface area (Å²) in [6, 6.07) is 6.01.